The van der Waals surface area contributed by atoms with Crippen LogP contribution in [0.2, 0.25) is 0 Å². The molecular weight excluding hydrogens is 438 g/mol. The van der Waals surface area contributed by atoms with Crippen molar-refractivity contribution in [2.24, 2.45) is 0 Å². The maximum Gasteiger partial charge on any atom is 0.258 e. The molecule has 0 radical (unpaired) electrons. The van der Waals surface area contributed by atoms with Gasteiger partial charge in [0, 0.05) is 21.5 Å². The fraction of sp³-hybridized carbons (Fsp3) is 0.238. The predicted octanol–water partition coefficient (Wildman–Crippen LogP) is 5.26. The second kappa shape index (κ2) is 7.64. The molecule has 0 saturated heterocycles. The van der Waals surface area contributed by atoms with Crippen molar-refractivity contribution in [3.63, 3.8) is 0 Å². The van der Waals surface area contributed by atoms with Crippen molar-refractivity contribution >= 4 is 39.4 Å². The number of hydrogen-bond donors (Lipinski definition) is 1. The Morgan fingerprint density at radius 2 is 2.00 bits per heavy atom. The molecule has 144 valence electrons. The van der Waals surface area contributed by atoms with E-state index >= 15 is 0 Å². The first-order chi connectivity index (χ1) is 13.5. The maximum atomic E-state index is 13.1. The van der Waals surface area contributed by atoms with Crippen LogP contribution in [0.1, 0.15) is 32.7 Å². The molecule has 0 atom stereocenters. The highest BCUT2D eigenvalue weighted by atomic mass is 79.9. The van der Waals surface area contributed by atoms with Crippen molar-refractivity contribution in [1.29, 1.82) is 0 Å². The number of nitrogens with zero attached hydrogens (tertiary/aromatic N) is 2. The largest absolute Gasteiger partial charge is 0.497 e. The molecule has 0 fully saturated rings. The lowest BCUT2D eigenvalue weighted by Crippen LogP contribution is -2.17. The molecule has 4 rings (SSSR count). The quantitative estimate of drug-likeness (QED) is 0.580. The molecule has 2 heterocycles. The van der Waals surface area contributed by atoms with E-state index in [9.17, 15) is 4.79 Å². The summed E-state index contributed by atoms with van der Waals surface area (Å²) in [7, 11) is 1.59. The van der Waals surface area contributed by atoms with E-state index in [1.165, 1.54) is 11.1 Å². The van der Waals surface area contributed by atoms with E-state index < -0.39 is 0 Å². The molecule has 1 aliphatic heterocycles. The number of anilines is 1. The second-order valence-electron chi connectivity index (χ2n) is 6.75. The lowest BCUT2D eigenvalue weighted by Gasteiger charge is -2.13. The first kappa shape index (κ1) is 19.1. The van der Waals surface area contributed by atoms with Gasteiger partial charge in [-0.2, -0.15) is 16.9 Å². The van der Waals surface area contributed by atoms with Crippen LogP contribution in [-0.2, 0) is 11.5 Å². The smallest absolute Gasteiger partial charge is 0.258 e. The summed E-state index contributed by atoms with van der Waals surface area (Å²) < 4.78 is 7.83. The van der Waals surface area contributed by atoms with Crippen LogP contribution in [0.4, 0.5) is 5.82 Å². The molecule has 0 unspecified atom stereocenters. The molecular formula is C21H20BrN3O2S. The number of nitrogens with one attached hydrogen (secondary N) is 1. The molecule has 2 aromatic carbocycles. The van der Waals surface area contributed by atoms with E-state index in [2.05, 4.69) is 47.2 Å². The van der Waals surface area contributed by atoms with Crippen molar-refractivity contribution in [2.75, 3.05) is 12.4 Å². The minimum absolute atomic E-state index is 0.199. The number of carbonyl (C=O) groups is 1. The molecule has 1 amide bonds. The van der Waals surface area contributed by atoms with Crippen LogP contribution >= 0.6 is 27.7 Å². The van der Waals surface area contributed by atoms with E-state index in [-0.39, 0.29) is 5.91 Å². The third kappa shape index (κ3) is 3.44. The van der Waals surface area contributed by atoms with Crippen LogP contribution in [0, 0.1) is 13.8 Å². The number of methoxy groups -OCH3 is 1. The third-order valence-corrected chi connectivity index (χ3v) is 6.60. The Bertz CT molecular complexity index is 1080. The van der Waals surface area contributed by atoms with Gasteiger partial charge in [-0.3, -0.25) is 4.79 Å². The number of aryl methyl sites for hydroxylation is 2. The number of amides is 1. The summed E-state index contributed by atoms with van der Waals surface area (Å²) in [5.41, 5.74) is 6.01. The van der Waals surface area contributed by atoms with Crippen LogP contribution in [0.15, 0.2) is 40.9 Å². The summed E-state index contributed by atoms with van der Waals surface area (Å²) in [6.07, 6.45) is 0. The minimum atomic E-state index is -0.199. The van der Waals surface area contributed by atoms with E-state index in [0.717, 1.165) is 34.3 Å². The van der Waals surface area contributed by atoms with E-state index in [1.54, 1.807) is 13.2 Å². The predicted molar refractivity (Wildman–Crippen MR) is 117 cm³/mol. The Labute approximate surface area is 176 Å². The van der Waals surface area contributed by atoms with Crippen molar-refractivity contribution in [1.82, 2.24) is 9.78 Å². The Kier molecular flexibility index (Phi) is 5.21. The average Bonchev–Trinajstić information content (AvgIpc) is 3.27. The van der Waals surface area contributed by atoms with Gasteiger partial charge < -0.3 is 10.1 Å². The topological polar surface area (TPSA) is 56.1 Å². The molecule has 1 aromatic heterocycles. The Morgan fingerprint density at radius 3 is 2.75 bits per heavy atom. The molecule has 28 heavy (non-hydrogen) atoms. The van der Waals surface area contributed by atoms with Gasteiger partial charge in [0.05, 0.1) is 24.1 Å². The standard InChI is InChI=1S/C21H20BrN3O2S/c1-12-4-5-14(8-13(12)2)25-20(17-10-28-11-19(17)24-25)23-21(26)16-9-15(27-3)6-7-18(16)22/h4-9H,10-11H2,1-3H3,(H,23,26). The molecule has 0 saturated carbocycles. The molecule has 7 heteroatoms. The Morgan fingerprint density at radius 1 is 1.18 bits per heavy atom. The SMILES string of the molecule is COc1ccc(Br)c(C(=O)Nc2c3c(nn2-c2ccc(C)c(C)c2)CSC3)c1. The van der Waals surface area contributed by atoms with Gasteiger partial charge in [-0.1, -0.05) is 6.07 Å². The minimum Gasteiger partial charge on any atom is -0.497 e. The Hall–Kier alpha value is -2.25. The van der Waals surface area contributed by atoms with Gasteiger partial charge in [-0.05, 0) is 71.2 Å². The van der Waals surface area contributed by atoms with Crippen molar-refractivity contribution < 1.29 is 9.53 Å². The zero-order chi connectivity index (χ0) is 19.8. The van der Waals surface area contributed by atoms with Gasteiger partial charge in [0.15, 0.2) is 0 Å². The highest BCUT2D eigenvalue weighted by Crippen LogP contribution is 2.37. The van der Waals surface area contributed by atoms with Gasteiger partial charge >= 0.3 is 0 Å². The van der Waals surface area contributed by atoms with Gasteiger partial charge in [0.1, 0.15) is 11.6 Å². The van der Waals surface area contributed by atoms with Crippen LogP contribution in [0.3, 0.4) is 0 Å². The number of hydrogen-bond acceptors (Lipinski definition) is 4. The number of benzene rings is 2. The lowest BCUT2D eigenvalue weighted by molar-refractivity contribution is 0.102. The monoisotopic (exact) mass is 457 g/mol. The molecule has 1 N–H and O–H groups in total. The van der Waals surface area contributed by atoms with Gasteiger partial charge in [-0.25, -0.2) is 4.68 Å². The summed E-state index contributed by atoms with van der Waals surface area (Å²) >= 11 is 5.27. The summed E-state index contributed by atoms with van der Waals surface area (Å²) in [6.45, 7) is 4.17. The molecule has 0 aliphatic carbocycles. The van der Waals surface area contributed by atoms with E-state index in [4.69, 9.17) is 9.84 Å². The highest BCUT2D eigenvalue weighted by Gasteiger charge is 2.25. The maximum absolute atomic E-state index is 13.1. The van der Waals surface area contributed by atoms with Crippen LogP contribution in [-0.4, -0.2) is 22.8 Å². The zero-order valence-electron chi connectivity index (χ0n) is 15.9. The highest BCUT2D eigenvalue weighted by molar-refractivity contribution is 9.10. The molecule has 3 aromatic rings. The van der Waals surface area contributed by atoms with Crippen molar-refractivity contribution in [3.8, 4) is 11.4 Å². The molecule has 5 nitrogen and oxygen atoms in total. The lowest BCUT2D eigenvalue weighted by atomic mass is 10.1. The number of halogens is 1. The number of carbonyl (C=O) groups excluding carboxylic acids is 1. The Balaban J connectivity index is 1.75. The number of fused-ring (bicyclic) bond motifs is 1. The fourth-order valence-corrected chi connectivity index (χ4v) is 4.63. The zero-order valence-corrected chi connectivity index (χ0v) is 18.3. The number of rotatable bonds is 4. The van der Waals surface area contributed by atoms with Crippen LogP contribution in [0.25, 0.3) is 5.69 Å². The summed E-state index contributed by atoms with van der Waals surface area (Å²) in [6, 6.07) is 11.6. The van der Waals surface area contributed by atoms with Gasteiger partial charge in [0.2, 0.25) is 0 Å². The molecule has 0 spiro atoms. The number of ether oxygens (including phenoxy) is 1. The third-order valence-electron chi connectivity index (χ3n) is 4.94. The fourth-order valence-electron chi connectivity index (χ4n) is 3.17. The van der Waals surface area contributed by atoms with Crippen LogP contribution < -0.4 is 10.1 Å². The van der Waals surface area contributed by atoms with E-state index in [0.29, 0.717) is 15.8 Å². The number of thioether (sulfide) groups is 1. The second-order valence-corrected chi connectivity index (χ2v) is 8.59. The summed E-state index contributed by atoms with van der Waals surface area (Å²) in [5.74, 6) is 2.88. The average molecular weight is 458 g/mol. The number of aromatic nitrogens is 2. The normalized spacial score (nSPS) is 12.7. The van der Waals surface area contributed by atoms with E-state index in [1.807, 2.05) is 34.6 Å². The van der Waals surface area contributed by atoms with Gasteiger partial charge in [-0.15, -0.1) is 0 Å². The van der Waals surface area contributed by atoms with Crippen LogP contribution in [0.5, 0.6) is 5.75 Å². The first-order valence-electron chi connectivity index (χ1n) is 8.89. The molecule has 1 aliphatic rings. The van der Waals surface area contributed by atoms with Crippen molar-refractivity contribution in [2.45, 2.75) is 25.4 Å². The molecule has 0 bridgehead atoms. The summed E-state index contributed by atoms with van der Waals surface area (Å²) in [5, 5.41) is 7.87. The first-order valence-corrected chi connectivity index (χ1v) is 10.8. The van der Waals surface area contributed by atoms with Crippen molar-refractivity contribution in [3.05, 3.63) is 68.8 Å². The summed E-state index contributed by atoms with van der Waals surface area (Å²) in [4.78, 5) is 13.1. The van der Waals surface area contributed by atoms with Gasteiger partial charge in [0.25, 0.3) is 5.91 Å².